The van der Waals surface area contributed by atoms with Gasteiger partial charge in [-0.1, -0.05) is 230 Å². The van der Waals surface area contributed by atoms with Crippen molar-refractivity contribution in [3.63, 3.8) is 0 Å². The number of carbonyl (C=O) groups is 1. The summed E-state index contributed by atoms with van der Waals surface area (Å²) < 4.78 is 12.0. The fourth-order valence-electron chi connectivity index (χ4n) is 7.55. The smallest absolute Gasteiger partial charge is 0.343 e. The highest BCUT2D eigenvalue weighted by Crippen LogP contribution is 2.24. The second-order valence-corrected chi connectivity index (χ2v) is 16.1. The van der Waals surface area contributed by atoms with Crippen molar-refractivity contribution in [2.75, 3.05) is 6.61 Å². The van der Waals surface area contributed by atoms with E-state index in [1.807, 2.05) is 42.5 Å². The fraction of sp³-hybridized carbons (Fsp3) is 0.740. The van der Waals surface area contributed by atoms with Gasteiger partial charge in [-0.05, 0) is 55.5 Å². The number of rotatable bonds is 37. The van der Waals surface area contributed by atoms with Gasteiger partial charge in [-0.3, -0.25) is 0 Å². The van der Waals surface area contributed by atoms with Crippen LogP contribution in [0.4, 0.5) is 0 Å². The zero-order valence-corrected chi connectivity index (χ0v) is 35.3. The maximum absolute atomic E-state index is 13.0. The molecule has 0 bridgehead atoms. The molecule has 302 valence electrons. The first-order valence-corrected chi connectivity index (χ1v) is 23.2. The Balaban J connectivity index is 1.48. The van der Waals surface area contributed by atoms with Crippen molar-refractivity contribution >= 4 is 5.97 Å². The molecule has 3 nitrogen and oxygen atoms in total. The lowest BCUT2D eigenvalue weighted by molar-refractivity contribution is 0.0626. The zero-order chi connectivity index (χ0) is 37.9. The van der Waals surface area contributed by atoms with Gasteiger partial charge in [0.05, 0.1) is 11.7 Å². The molecule has 0 saturated carbocycles. The predicted octanol–water partition coefficient (Wildman–Crippen LogP) is 16.7. The highest BCUT2D eigenvalue weighted by Gasteiger charge is 2.13. The minimum Gasteiger partial charge on any atom is -0.423 e. The normalized spacial score (nSPS) is 12.0. The quantitative estimate of drug-likeness (QED) is 0.0394. The summed E-state index contributed by atoms with van der Waals surface area (Å²) in [7, 11) is 0. The van der Waals surface area contributed by atoms with E-state index < -0.39 is 0 Å². The number of para-hydroxylation sites is 1. The molecule has 0 N–H and O–H groups in total. The molecule has 2 aromatic rings. The van der Waals surface area contributed by atoms with Crippen LogP contribution in [0.5, 0.6) is 5.75 Å². The third-order valence-electron chi connectivity index (χ3n) is 11.2. The second-order valence-electron chi connectivity index (χ2n) is 16.1. The van der Waals surface area contributed by atoms with Crippen LogP contribution in [0.3, 0.4) is 0 Å². The lowest BCUT2D eigenvalue weighted by Gasteiger charge is -2.14. The van der Waals surface area contributed by atoms with Crippen molar-refractivity contribution in [1.29, 1.82) is 0 Å². The number of aryl methyl sites for hydroxylation is 1. The van der Waals surface area contributed by atoms with E-state index in [0.29, 0.717) is 11.3 Å². The third-order valence-corrected chi connectivity index (χ3v) is 11.2. The third kappa shape index (κ3) is 25.6. The fourth-order valence-corrected chi connectivity index (χ4v) is 7.55. The van der Waals surface area contributed by atoms with Gasteiger partial charge in [-0.25, -0.2) is 4.79 Å². The van der Waals surface area contributed by atoms with Crippen LogP contribution in [-0.2, 0) is 11.2 Å². The molecule has 0 saturated heterocycles. The van der Waals surface area contributed by atoms with Crippen molar-refractivity contribution < 1.29 is 14.3 Å². The van der Waals surface area contributed by atoms with E-state index in [0.717, 1.165) is 37.0 Å². The van der Waals surface area contributed by atoms with Crippen LogP contribution in [0.25, 0.3) is 0 Å². The van der Waals surface area contributed by atoms with Gasteiger partial charge < -0.3 is 9.47 Å². The lowest BCUT2D eigenvalue weighted by atomic mass is 10.0. The monoisotopic (exact) mass is 733 g/mol. The Bertz CT molecular complexity index is 1090. The van der Waals surface area contributed by atoms with Crippen LogP contribution in [0.15, 0.2) is 48.5 Å². The van der Waals surface area contributed by atoms with E-state index in [1.165, 1.54) is 186 Å². The van der Waals surface area contributed by atoms with Gasteiger partial charge in [0.15, 0.2) is 0 Å². The molecule has 0 aromatic heterocycles. The topological polar surface area (TPSA) is 35.5 Å². The second kappa shape index (κ2) is 34.4. The number of carbonyl (C=O) groups excluding carboxylic acids is 1. The summed E-state index contributed by atoms with van der Waals surface area (Å²) in [5, 5.41) is 0. The van der Waals surface area contributed by atoms with Gasteiger partial charge in [-0.15, -0.1) is 0 Å². The molecule has 3 heteroatoms. The summed E-state index contributed by atoms with van der Waals surface area (Å²) in [4.78, 5) is 13.0. The van der Waals surface area contributed by atoms with Crippen molar-refractivity contribution in [2.24, 2.45) is 0 Å². The average molecular weight is 733 g/mol. The molecule has 2 rings (SSSR count). The van der Waals surface area contributed by atoms with E-state index in [9.17, 15) is 4.79 Å². The van der Waals surface area contributed by atoms with E-state index >= 15 is 0 Å². The summed E-state index contributed by atoms with van der Waals surface area (Å²) in [5.74, 6) is 0.406. The van der Waals surface area contributed by atoms with Gasteiger partial charge in [0.1, 0.15) is 5.75 Å². The van der Waals surface area contributed by atoms with E-state index in [1.54, 1.807) is 0 Å². The van der Waals surface area contributed by atoms with Crippen molar-refractivity contribution in [3.05, 3.63) is 65.2 Å². The van der Waals surface area contributed by atoms with E-state index in [-0.39, 0.29) is 12.1 Å². The molecule has 1 unspecified atom stereocenters. The molecule has 0 radical (unpaired) electrons. The molecule has 0 aliphatic carbocycles. The molecular weight excluding hydrogens is 649 g/mol. The number of hydrogen-bond acceptors (Lipinski definition) is 3. The molecule has 0 aliphatic heterocycles. The summed E-state index contributed by atoms with van der Waals surface area (Å²) in [6.45, 7) is 7.48. The first kappa shape index (κ1) is 47.0. The summed E-state index contributed by atoms with van der Waals surface area (Å²) in [5.41, 5.74) is 2.81. The molecule has 2 aromatic carbocycles. The van der Waals surface area contributed by atoms with Gasteiger partial charge in [-0.2, -0.15) is 0 Å². The van der Waals surface area contributed by atoms with Crippen molar-refractivity contribution in [1.82, 2.24) is 0 Å². The van der Waals surface area contributed by atoms with Crippen molar-refractivity contribution in [3.8, 4) is 5.75 Å². The Kier molecular flexibility index (Phi) is 30.5. The van der Waals surface area contributed by atoms with Crippen LogP contribution in [0.1, 0.15) is 247 Å². The van der Waals surface area contributed by atoms with Crippen LogP contribution in [0.2, 0.25) is 0 Å². The Morgan fingerprint density at radius 2 is 0.849 bits per heavy atom. The number of unbranched alkanes of at least 4 members (excludes halogenated alkanes) is 29. The van der Waals surface area contributed by atoms with Gasteiger partial charge in [0.2, 0.25) is 0 Å². The minimum absolute atomic E-state index is 0.0203. The zero-order valence-electron chi connectivity index (χ0n) is 35.3. The molecule has 0 spiro atoms. The largest absolute Gasteiger partial charge is 0.423 e. The maximum Gasteiger partial charge on any atom is 0.343 e. The SMILES string of the molecule is CCCCCCCCCCCCCCCCCCCCOC(C)c1ccc(C(=O)Oc2ccccc2CCCCCCCCCCCCCCC)cc1. The first-order valence-electron chi connectivity index (χ1n) is 23.2. The molecule has 0 aliphatic rings. The molecule has 0 heterocycles. The Labute approximate surface area is 329 Å². The highest BCUT2D eigenvalue weighted by atomic mass is 16.5. The van der Waals surface area contributed by atoms with Crippen molar-refractivity contribution in [2.45, 2.75) is 232 Å². The molecule has 0 amide bonds. The Morgan fingerprint density at radius 3 is 1.28 bits per heavy atom. The molecular formula is C50H84O3. The van der Waals surface area contributed by atoms with E-state index in [4.69, 9.17) is 9.47 Å². The molecule has 0 fully saturated rings. The van der Waals surface area contributed by atoms with Gasteiger partial charge in [0, 0.05) is 6.61 Å². The van der Waals surface area contributed by atoms with Gasteiger partial charge >= 0.3 is 5.97 Å². The maximum atomic E-state index is 13.0. The van der Waals surface area contributed by atoms with Crippen LogP contribution in [0, 0.1) is 0 Å². The molecule has 1 atom stereocenters. The summed E-state index contributed by atoms with van der Waals surface area (Å²) >= 11 is 0. The Hall–Kier alpha value is -2.13. The number of hydrogen-bond donors (Lipinski definition) is 0. The van der Waals surface area contributed by atoms with Crippen LogP contribution in [-0.4, -0.2) is 12.6 Å². The standard InChI is InChI=1S/C50H84O3/c1-4-6-8-10-12-14-16-18-19-20-21-22-24-26-28-30-32-36-44-52-45(3)46-40-42-48(43-41-46)50(51)53-49-39-35-34-38-47(49)37-33-31-29-27-25-23-17-15-13-11-9-7-5-2/h34-35,38-43,45H,4-33,36-37,44H2,1-3H3. The number of ether oxygens (including phenoxy) is 2. The number of esters is 1. The first-order chi connectivity index (χ1) is 26.2. The van der Waals surface area contributed by atoms with Gasteiger partial charge in [0.25, 0.3) is 0 Å². The van der Waals surface area contributed by atoms with Crippen LogP contribution < -0.4 is 4.74 Å². The average Bonchev–Trinajstić information content (AvgIpc) is 3.18. The summed E-state index contributed by atoms with van der Waals surface area (Å²) in [6, 6.07) is 15.8. The minimum atomic E-state index is -0.290. The lowest BCUT2D eigenvalue weighted by Crippen LogP contribution is -2.10. The molecule has 53 heavy (non-hydrogen) atoms. The van der Waals surface area contributed by atoms with E-state index in [2.05, 4.69) is 26.8 Å². The Morgan fingerprint density at radius 1 is 0.472 bits per heavy atom. The highest BCUT2D eigenvalue weighted by molar-refractivity contribution is 5.91. The predicted molar refractivity (Wildman–Crippen MR) is 230 cm³/mol. The number of benzene rings is 2. The van der Waals surface area contributed by atoms with Crippen LogP contribution >= 0.6 is 0 Å². The summed E-state index contributed by atoms with van der Waals surface area (Å²) in [6.07, 6.45) is 43.6.